The number of benzene rings is 2. The highest BCUT2D eigenvalue weighted by molar-refractivity contribution is 5.88. The van der Waals surface area contributed by atoms with Crippen molar-refractivity contribution in [2.75, 3.05) is 31.2 Å². The Morgan fingerprint density at radius 3 is 2.73 bits per heavy atom. The average Bonchev–Trinajstić information content (AvgIpc) is 2.68. The Balaban J connectivity index is 1.65. The summed E-state index contributed by atoms with van der Waals surface area (Å²) in [5.41, 5.74) is 3.24. The predicted molar refractivity (Wildman–Crippen MR) is 102 cm³/mol. The van der Waals surface area contributed by atoms with Crippen molar-refractivity contribution < 1.29 is 4.74 Å². The first-order valence-corrected chi connectivity index (χ1v) is 8.82. The van der Waals surface area contributed by atoms with Crippen LogP contribution in [0.25, 0.3) is 10.9 Å². The summed E-state index contributed by atoms with van der Waals surface area (Å²) in [5.74, 6) is 1.31. The molecular weight excluding hydrogens is 326 g/mol. The number of aryl methyl sites for hydroxylation is 1. The van der Waals surface area contributed by atoms with E-state index in [1.54, 1.807) is 0 Å². The first-order chi connectivity index (χ1) is 12.8. The Bertz CT molecular complexity index is 934. The van der Waals surface area contributed by atoms with E-state index in [9.17, 15) is 0 Å². The lowest BCUT2D eigenvalue weighted by Crippen LogP contribution is -2.37. The lowest BCUT2D eigenvalue weighted by molar-refractivity contribution is 0.122. The molecule has 1 aromatic heterocycles. The fraction of sp³-hybridized carbons (Fsp3) is 0.300. The molecule has 0 spiro atoms. The standard InChI is InChI=1S/C20H21N5O/c1-15-5-4-6-16(13-15)14-21-24-19-17-7-2-3-8-18(17)22-20(23-19)25-9-11-26-12-10-25/h2-8,13H,9-12,14H2,1H3. The number of rotatable bonds is 4. The number of morpholine rings is 1. The molecule has 1 aliphatic rings. The second-order valence-corrected chi connectivity index (χ2v) is 6.35. The van der Waals surface area contributed by atoms with E-state index in [1.807, 2.05) is 30.3 Å². The van der Waals surface area contributed by atoms with Crippen molar-refractivity contribution in [3.8, 4) is 0 Å². The fourth-order valence-electron chi connectivity index (χ4n) is 3.02. The van der Waals surface area contributed by atoms with Gasteiger partial charge in [0.25, 0.3) is 0 Å². The minimum absolute atomic E-state index is 0.535. The van der Waals surface area contributed by atoms with Gasteiger partial charge in [0.05, 0.1) is 25.3 Å². The zero-order chi connectivity index (χ0) is 17.8. The maximum Gasteiger partial charge on any atom is 0.228 e. The molecule has 3 aromatic rings. The fourth-order valence-corrected chi connectivity index (χ4v) is 3.02. The molecule has 0 unspecified atom stereocenters. The number of hydrogen-bond donors (Lipinski definition) is 0. The van der Waals surface area contributed by atoms with Crippen LogP contribution in [0.15, 0.2) is 58.8 Å². The second-order valence-electron chi connectivity index (χ2n) is 6.35. The van der Waals surface area contributed by atoms with E-state index >= 15 is 0 Å². The van der Waals surface area contributed by atoms with Crippen LogP contribution in [0.2, 0.25) is 0 Å². The smallest absolute Gasteiger partial charge is 0.228 e. The molecule has 0 radical (unpaired) electrons. The molecule has 1 aliphatic heterocycles. The van der Waals surface area contributed by atoms with Crippen molar-refractivity contribution in [1.29, 1.82) is 0 Å². The molecule has 0 aliphatic carbocycles. The summed E-state index contributed by atoms with van der Waals surface area (Å²) in [4.78, 5) is 11.5. The highest BCUT2D eigenvalue weighted by Crippen LogP contribution is 2.26. The average molecular weight is 347 g/mol. The van der Waals surface area contributed by atoms with Crippen LogP contribution in [0, 0.1) is 6.92 Å². The van der Waals surface area contributed by atoms with E-state index in [1.165, 1.54) is 5.56 Å². The normalized spacial score (nSPS) is 15.0. The van der Waals surface area contributed by atoms with Gasteiger partial charge in [-0.3, -0.25) is 0 Å². The van der Waals surface area contributed by atoms with Crippen molar-refractivity contribution in [2.45, 2.75) is 13.5 Å². The van der Waals surface area contributed by atoms with Crippen LogP contribution in [0.4, 0.5) is 11.8 Å². The maximum absolute atomic E-state index is 5.42. The van der Waals surface area contributed by atoms with Gasteiger partial charge in [0.15, 0.2) is 5.82 Å². The third-order valence-electron chi connectivity index (χ3n) is 4.37. The van der Waals surface area contributed by atoms with Crippen molar-refractivity contribution in [3.05, 3.63) is 59.7 Å². The number of fused-ring (bicyclic) bond motifs is 1. The minimum Gasteiger partial charge on any atom is -0.378 e. The van der Waals surface area contributed by atoms with E-state index in [-0.39, 0.29) is 0 Å². The third kappa shape index (κ3) is 3.70. The molecule has 132 valence electrons. The molecule has 0 N–H and O–H groups in total. The summed E-state index contributed by atoms with van der Waals surface area (Å²) in [5, 5.41) is 9.73. The highest BCUT2D eigenvalue weighted by Gasteiger charge is 2.16. The molecule has 0 saturated carbocycles. The van der Waals surface area contributed by atoms with Crippen LogP contribution in [0.1, 0.15) is 11.1 Å². The number of anilines is 1. The first kappa shape index (κ1) is 16.6. The third-order valence-corrected chi connectivity index (χ3v) is 4.37. The van der Waals surface area contributed by atoms with Gasteiger partial charge in [-0.1, -0.05) is 42.0 Å². The van der Waals surface area contributed by atoms with Crippen LogP contribution in [0.5, 0.6) is 0 Å². The van der Waals surface area contributed by atoms with Gasteiger partial charge in [0.2, 0.25) is 5.95 Å². The van der Waals surface area contributed by atoms with Crippen molar-refractivity contribution in [1.82, 2.24) is 9.97 Å². The van der Waals surface area contributed by atoms with E-state index in [4.69, 9.17) is 9.72 Å². The van der Waals surface area contributed by atoms with Crippen LogP contribution in [0.3, 0.4) is 0 Å². The summed E-state index contributed by atoms with van der Waals surface area (Å²) >= 11 is 0. The Labute approximate surface area is 152 Å². The molecule has 0 bridgehead atoms. The van der Waals surface area contributed by atoms with Gasteiger partial charge in [-0.2, -0.15) is 10.1 Å². The van der Waals surface area contributed by atoms with Gasteiger partial charge < -0.3 is 9.64 Å². The van der Waals surface area contributed by atoms with Crippen molar-refractivity contribution in [2.24, 2.45) is 10.2 Å². The molecule has 2 heterocycles. The van der Waals surface area contributed by atoms with Crippen molar-refractivity contribution >= 4 is 22.7 Å². The Morgan fingerprint density at radius 1 is 1.04 bits per heavy atom. The van der Waals surface area contributed by atoms with Crippen LogP contribution < -0.4 is 4.90 Å². The zero-order valence-electron chi connectivity index (χ0n) is 14.8. The lowest BCUT2D eigenvalue weighted by Gasteiger charge is -2.26. The molecule has 6 heteroatoms. The number of hydrogen-bond acceptors (Lipinski definition) is 6. The quantitative estimate of drug-likeness (QED) is 0.668. The van der Waals surface area contributed by atoms with Crippen LogP contribution >= 0.6 is 0 Å². The topological polar surface area (TPSA) is 63.0 Å². The Hall–Kier alpha value is -2.86. The van der Waals surface area contributed by atoms with E-state index in [0.717, 1.165) is 29.6 Å². The molecule has 1 saturated heterocycles. The van der Waals surface area contributed by atoms with Gasteiger partial charge >= 0.3 is 0 Å². The molecule has 2 aromatic carbocycles. The van der Waals surface area contributed by atoms with Crippen molar-refractivity contribution in [3.63, 3.8) is 0 Å². The monoisotopic (exact) mass is 347 g/mol. The number of ether oxygens (including phenoxy) is 1. The summed E-state index contributed by atoms with van der Waals surface area (Å²) in [7, 11) is 0. The first-order valence-electron chi connectivity index (χ1n) is 8.82. The maximum atomic E-state index is 5.42. The Morgan fingerprint density at radius 2 is 1.88 bits per heavy atom. The summed E-state index contributed by atoms with van der Waals surface area (Å²) < 4.78 is 5.42. The molecule has 1 fully saturated rings. The lowest BCUT2D eigenvalue weighted by atomic mass is 10.1. The highest BCUT2D eigenvalue weighted by atomic mass is 16.5. The number of azo groups is 1. The molecule has 0 amide bonds. The summed E-state index contributed by atoms with van der Waals surface area (Å²) in [6.45, 7) is 5.58. The van der Waals surface area contributed by atoms with E-state index < -0.39 is 0 Å². The molecular formula is C20H21N5O. The summed E-state index contributed by atoms with van der Waals surface area (Å²) in [6.07, 6.45) is 0. The minimum atomic E-state index is 0.535. The second kappa shape index (κ2) is 7.58. The van der Waals surface area contributed by atoms with Gasteiger partial charge in [-0.25, -0.2) is 4.98 Å². The van der Waals surface area contributed by atoms with Crippen LogP contribution in [-0.4, -0.2) is 36.3 Å². The van der Waals surface area contributed by atoms with Gasteiger partial charge in [-0.15, -0.1) is 5.11 Å². The van der Waals surface area contributed by atoms with Crippen LogP contribution in [-0.2, 0) is 11.3 Å². The molecule has 6 nitrogen and oxygen atoms in total. The van der Waals surface area contributed by atoms with Gasteiger partial charge in [-0.05, 0) is 24.6 Å². The number of para-hydroxylation sites is 1. The SMILES string of the molecule is Cc1cccc(CN=Nc2nc(N3CCOCC3)nc3ccccc23)c1. The predicted octanol–water partition coefficient (Wildman–Crippen LogP) is 4.06. The van der Waals surface area contributed by atoms with Gasteiger partial charge in [0, 0.05) is 18.5 Å². The van der Waals surface area contributed by atoms with Gasteiger partial charge in [0.1, 0.15) is 0 Å². The zero-order valence-corrected chi connectivity index (χ0v) is 14.8. The number of nitrogens with zero attached hydrogens (tertiary/aromatic N) is 5. The van der Waals surface area contributed by atoms with E-state index in [0.29, 0.717) is 31.5 Å². The molecule has 26 heavy (non-hydrogen) atoms. The summed E-state index contributed by atoms with van der Waals surface area (Å²) in [6, 6.07) is 16.2. The number of aromatic nitrogens is 2. The molecule has 4 rings (SSSR count). The van der Waals surface area contributed by atoms with E-state index in [2.05, 4.69) is 45.2 Å². The largest absolute Gasteiger partial charge is 0.378 e. The Kier molecular flexibility index (Phi) is 4.84. The molecule has 0 atom stereocenters.